The van der Waals surface area contributed by atoms with Gasteiger partial charge in [0.1, 0.15) is 0 Å². The van der Waals surface area contributed by atoms with Crippen LogP contribution in [0.5, 0.6) is 0 Å². The Balaban J connectivity index is 2.74. The van der Waals surface area contributed by atoms with E-state index in [1.54, 1.807) is 10.6 Å². The smallest absolute Gasteiger partial charge is 0.262 e. The lowest BCUT2D eigenvalue weighted by molar-refractivity contribution is 0.101. The van der Waals surface area contributed by atoms with Gasteiger partial charge < -0.3 is 4.57 Å². The van der Waals surface area contributed by atoms with Crippen LogP contribution in [0.3, 0.4) is 0 Å². The van der Waals surface area contributed by atoms with E-state index in [0.717, 1.165) is 11.3 Å². The zero-order chi connectivity index (χ0) is 14.0. The highest BCUT2D eigenvalue weighted by Crippen LogP contribution is 2.21. The number of hydrogen-bond acceptors (Lipinski definition) is 2. The fourth-order valence-corrected chi connectivity index (χ4v) is 2.18. The third kappa shape index (κ3) is 2.50. The second-order valence-corrected chi connectivity index (χ2v) is 4.82. The van der Waals surface area contributed by atoms with E-state index >= 15 is 0 Å². The van der Waals surface area contributed by atoms with Crippen LogP contribution in [0.4, 0.5) is 0 Å². The van der Waals surface area contributed by atoms with Gasteiger partial charge in [-0.3, -0.25) is 9.59 Å². The van der Waals surface area contributed by atoms with Gasteiger partial charge in [-0.15, -0.1) is 0 Å². The maximum Gasteiger partial charge on any atom is 0.262 e. The molecule has 0 saturated carbocycles. The second-order valence-electron chi connectivity index (χ2n) is 4.82. The molecule has 3 nitrogen and oxygen atoms in total. The molecule has 0 amide bonds. The number of hydrogen-bond donors (Lipinski definition) is 0. The molecule has 98 valence electrons. The first-order valence-electron chi connectivity index (χ1n) is 6.34. The molecule has 0 atom stereocenters. The monoisotopic (exact) mass is 255 g/mol. The van der Waals surface area contributed by atoms with Crippen molar-refractivity contribution in [3.63, 3.8) is 0 Å². The minimum absolute atomic E-state index is 0.00186. The molecular weight excluding hydrogens is 238 g/mol. The number of benzene rings is 1. The van der Waals surface area contributed by atoms with Crippen LogP contribution < -0.4 is 5.56 Å². The van der Waals surface area contributed by atoms with E-state index in [1.165, 1.54) is 6.92 Å². The molecule has 0 unspecified atom stereocenters. The molecular formula is C16H17NO2. The molecule has 0 aliphatic carbocycles. The van der Waals surface area contributed by atoms with Crippen molar-refractivity contribution < 1.29 is 4.79 Å². The number of Topliss-reactive ketones (excluding diaryl/α,β-unsaturated/α-hetero) is 1. The molecule has 0 N–H and O–H groups in total. The highest BCUT2D eigenvalue weighted by Gasteiger charge is 2.14. The van der Waals surface area contributed by atoms with E-state index in [0.29, 0.717) is 0 Å². The first kappa shape index (κ1) is 13.3. The van der Waals surface area contributed by atoms with E-state index in [4.69, 9.17) is 0 Å². The maximum atomic E-state index is 12.4. The highest BCUT2D eigenvalue weighted by molar-refractivity contribution is 5.94. The average molecular weight is 255 g/mol. The highest BCUT2D eigenvalue weighted by atomic mass is 16.1. The Labute approximate surface area is 112 Å². The normalized spacial score (nSPS) is 10.7. The standard InChI is InChI=1S/C16H17NO2/c1-11(2)17-15(13-7-5-4-6-8-13)10-9-14(12(3)18)16(17)19/h4-11H,1-3H3. The van der Waals surface area contributed by atoms with Crippen molar-refractivity contribution in [3.8, 4) is 11.3 Å². The van der Waals surface area contributed by atoms with Crippen molar-refractivity contribution in [1.82, 2.24) is 4.57 Å². The van der Waals surface area contributed by atoms with Crippen LogP contribution in [0.25, 0.3) is 11.3 Å². The molecule has 0 aliphatic rings. The quantitative estimate of drug-likeness (QED) is 0.789. The Bertz CT molecular complexity index is 654. The van der Waals surface area contributed by atoms with Gasteiger partial charge in [0, 0.05) is 6.04 Å². The van der Waals surface area contributed by atoms with E-state index in [1.807, 2.05) is 50.2 Å². The number of aromatic nitrogens is 1. The number of carbonyl (C=O) groups is 1. The Hall–Kier alpha value is -2.16. The summed E-state index contributed by atoms with van der Waals surface area (Å²) in [6.07, 6.45) is 0. The minimum Gasteiger partial charge on any atom is -0.305 e. The van der Waals surface area contributed by atoms with Crippen LogP contribution in [-0.2, 0) is 0 Å². The molecule has 2 aromatic rings. The summed E-state index contributed by atoms with van der Waals surface area (Å²) < 4.78 is 1.67. The van der Waals surface area contributed by atoms with Gasteiger partial charge in [0.15, 0.2) is 5.78 Å². The molecule has 0 spiro atoms. The van der Waals surface area contributed by atoms with E-state index in [9.17, 15) is 9.59 Å². The summed E-state index contributed by atoms with van der Waals surface area (Å²) in [6.45, 7) is 5.30. The van der Waals surface area contributed by atoms with Crippen molar-refractivity contribution >= 4 is 5.78 Å². The van der Waals surface area contributed by atoms with E-state index < -0.39 is 0 Å². The number of carbonyl (C=O) groups excluding carboxylic acids is 1. The summed E-state index contributed by atoms with van der Waals surface area (Å²) in [5, 5.41) is 0. The lowest BCUT2D eigenvalue weighted by Gasteiger charge is -2.17. The van der Waals surface area contributed by atoms with Crippen molar-refractivity contribution in [3.05, 3.63) is 58.4 Å². The van der Waals surface area contributed by atoms with Crippen molar-refractivity contribution in [2.75, 3.05) is 0 Å². The molecule has 1 aromatic heterocycles. The molecule has 0 bridgehead atoms. The molecule has 19 heavy (non-hydrogen) atoms. The minimum atomic E-state index is -0.219. The van der Waals surface area contributed by atoms with Crippen LogP contribution in [0, 0.1) is 0 Å². The Morgan fingerprint density at radius 3 is 2.21 bits per heavy atom. The molecule has 0 aliphatic heterocycles. The van der Waals surface area contributed by atoms with Crippen LogP contribution >= 0.6 is 0 Å². The van der Waals surface area contributed by atoms with Gasteiger partial charge in [0.05, 0.1) is 11.3 Å². The van der Waals surface area contributed by atoms with Crippen molar-refractivity contribution in [1.29, 1.82) is 0 Å². The summed E-state index contributed by atoms with van der Waals surface area (Å²) in [7, 11) is 0. The van der Waals surface area contributed by atoms with Crippen LogP contribution in [0.2, 0.25) is 0 Å². The van der Waals surface area contributed by atoms with Gasteiger partial charge in [-0.05, 0) is 38.5 Å². The Morgan fingerprint density at radius 2 is 1.68 bits per heavy atom. The zero-order valence-corrected chi connectivity index (χ0v) is 11.4. The van der Waals surface area contributed by atoms with Gasteiger partial charge in [0.2, 0.25) is 0 Å². The second kappa shape index (κ2) is 5.22. The summed E-state index contributed by atoms with van der Waals surface area (Å²) >= 11 is 0. The summed E-state index contributed by atoms with van der Waals surface area (Å²) in [4.78, 5) is 23.9. The van der Waals surface area contributed by atoms with Crippen LogP contribution in [0.15, 0.2) is 47.3 Å². The molecule has 0 saturated heterocycles. The largest absolute Gasteiger partial charge is 0.305 e. The van der Waals surface area contributed by atoms with Gasteiger partial charge in [-0.2, -0.15) is 0 Å². The number of nitrogens with zero attached hydrogens (tertiary/aromatic N) is 1. The third-order valence-electron chi connectivity index (χ3n) is 3.08. The van der Waals surface area contributed by atoms with Gasteiger partial charge >= 0.3 is 0 Å². The van der Waals surface area contributed by atoms with Gasteiger partial charge in [-0.1, -0.05) is 30.3 Å². The van der Waals surface area contributed by atoms with E-state index in [2.05, 4.69) is 0 Å². The number of rotatable bonds is 3. The van der Waals surface area contributed by atoms with E-state index in [-0.39, 0.29) is 22.9 Å². The fourth-order valence-electron chi connectivity index (χ4n) is 2.18. The molecule has 2 rings (SSSR count). The topological polar surface area (TPSA) is 39.1 Å². The SMILES string of the molecule is CC(=O)c1ccc(-c2ccccc2)n(C(C)C)c1=O. The maximum absolute atomic E-state index is 12.4. The number of pyridine rings is 1. The number of ketones is 1. The Morgan fingerprint density at radius 1 is 1.05 bits per heavy atom. The van der Waals surface area contributed by atoms with Crippen LogP contribution in [0.1, 0.15) is 37.2 Å². The average Bonchev–Trinajstić information content (AvgIpc) is 2.38. The molecule has 0 radical (unpaired) electrons. The van der Waals surface area contributed by atoms with Crippen molar-refractivity contribution in [2.24, 2.45) is 0 Å². The molecule has 1 aromatic carbocycles. The lowest BCUT2D eigenvalue weighted by atomic mass is 10.1. The first-order chi connectivity index (χ1) is 9.02. The predicted molar refractivity (Wildman–Crippen MR) is 76.5 cm³/mol. The third-order valence-corrected chi connectivity index (χ3v) is 3.08. The van der Waals surface area contributed by atoms with Gasteiger partial charge in [-0.25, -0.2) is 0 Å². The summed E-state index contributed by atoms with van der Waals surface area (Å²) in [5.41, 5.74) is 1.84. The molecule has 3 heteroatoms. The van der Waals surface area contributed by atoms with Gasteiger partial charge in [0.25, 0.3) is 5.56 Å². The Kier molecular flexibility index (Phi) is 3.65. The summed E-state index contributed by atoms with van der Waals surface area (Å²) in [5.74, 6) is -0.195. The summed E-state index contributed by atoms with van der Waals surface area (Å²) in [6, 6.07) is 13.2. The molecule has 1 heterocycles. The molecule has 0 fully saturated rings. The predicted octanol–water partition coefficient (Wildman–Crippen LogP) is 3.30. The van der Waals surface area contributed by atoms with Crippen LogP contribution in [-0.4, -0.2) is 10.4 Å². The lowest BCUT2D eigenvalue weighted by Crippen LogP contribution is -2.28. The zero-order valence-electron chi connectivity index (χ0n) is 11.4. The van der Waals surface area contributed by atoms with Crippen molar-refractivity contribution in [2.45, 2.75) is 26.8 Å². The first-order valence-corrected chi connectivity index (χ1v) is 6.34. The fraction of sp³-hybridized carbons (Fsp3) is 0.250.